The van der Waals surface area contributed by atoms with Crippen molar-refractivity contribution in [2.45, 2.75) is 12.6 Å². The topological polar surface area (TPSA) is 93.2 Å². The molecule has 4 aromatic rings. The van der Waals surface area contributed by atoms with E-state index in [-0.39, 0.29) is 12.2 Å². The number of nitrogens with zero attached hydrogens (tertiary/aromatic N) is 3. The number of hydrogen-bond donors (Lipinski definition) is 2. The van der Waals surface area contributed by atoms with E-state index in [0.717, 1.165) is 16.6 Å². The van der Waals surface area contributed by atoms with Crippen molar-refractivity contribution in [1.29, 1.82) is 0 Å². The van der Waals surface area contributed by atoms with Crippen molar-refractivity contribution in [1.82, 2.24) is 19.9 Å². The first-order valence-corrected chi connectivity index (χ1v) is 8.56. The van der Waals surface area contributed by atoms with Crippen molar-refractivity contribution in [3.05, 3.63) is 84.3 Å². The number of rotatable bonds is 6. The van der Waals surface area contributed by atoms with Gasteiger partial charge in [0.05, 0.1) is 23.5 Å². The summed E-state index contributed by atoms with van der Waals surface area (Å²) in [5, 5.41) is 12.8. The molecule has 4 rings (SSSR count). The number of oxazole rings is 1. The number of imidazole rings is 1. The molecule has 0 radical (unpaired) electrons. The lowest BCUT2D eigenvalue weighted by Gasteiger charge is -2.11. The van der Waals surface area contributed by atoms with Crippen LogP contribution in [0.5, 0.6) is 0 Å². The molecule has 2 N–H and O–H groups in total. The molecule has 1 amide bonds. The average Bonchev–Trinajstić information content (AvgIpc) is 3.34. The monoisotopic (exact) mass is 362 g/mol. The van der Waals surface area contributed by atoms with E-state index in [1.807, 2.05) is 47.0 Å². The van der Waals surface area contributed by atoms with Crippen LogP contribution in [0, 0.1) is 0 Å². The summed E-state index contributed by atoms with van der Waals surface area (Å²) in [6.45, 7) is 0.470. The normalized spacial score (nSPS) is 12.2. The Hall–Kier alpha value is -3.45. The maximum atomic E-state index is 12.2. The average molecular weight is 362 g/mol. The van der Waals surface area contributed by atoms with Gasteiger partial charge in [0.15, 0.2) is 5.69 Å². The van der Waals surface area contributed by atoms with Gasteiger partial charge in [-0.15, -0.1) is 0 Å². The third kappa shape index (κ3) is 3.73. The van der Waals surface area contributed by atoms with E-state index >= 15 is 0 Å². The zero-order chi connectivity index (χ0) is 18.6. The molecule has 2 heterocycles. The van der Waals surface area contributed by atoms with Crippen LogP contribution in [0.3, 0.4) is 0 Å². The van der Waals surface area contributed by atoms with Crippen LogP contribution in [0.4, 0.5) is 0 Å². The van der Waals surface area contributed by atoms with Crippen LogP contribution in [-0.4, -0.2) is 32.1 Å². The van der Waals surface area contributed by atoms with Crippen LogP contribution >= 0.6 is 0 Å². The molecule has 2 aromatic heterocycles. The molecule has 1 atom stereocenters. The van der Waals surface area contributed by atoms with Crippen LogP contribution in [0.25, 0.3) is 11.0 Å². The number of carbonyl (C=O) groups is 1. The molecule has 2 aromatic carbocycles. The van der Waals surface area contributed by atoms with E-state index in [1.165, 1.54) is 6.26 Å². The van der Waals surface area contributed by atoms with Crippen LogP contribution < -0.4 is 5.32 Å². The maximum Gasteiger partial charge on any atom is 0.273 e. The quantitative estimate of drug-likeness (QED) is 0.550. The van der Waals surface area contributed by atoms with E-state index in [2.05, 4.69) is 15.3 Å². The van der Waals surface area contributed by atoms with Crippen LogP contribution in [0.2, 0.25) is 0 Å². The Morgan fingerprint density at radius 2 is 1.93 bits per heavy atom. The van der Waals surface area contributed by atoms with Crippen LogP contribution in [0.1, 0.15) is 28.0 Å². The highest BCUT2D eigenvalue weighted by Crippen LogP contribution is 2.14. The molecule has 0 bridgehead atoms. The first-order chi connectivity index (χ1) is 13.2. The van der Waals surface area contributed by atoms with Crippen molar-refractivity contribution in [3.63, 3.8) is 0 Å². The highest BCUT2D eigenvalue weighted by atomic mass is 16.3. The Morgan fingerprint density at radius 1 is 1.15 bits per heavy atom. The summed E-state index contributed by atoms with van der Waals surface area (Å²) < 4.78 is 7.32. The van der Waals surface area contributed by atoms with Gasteiger partial charge in [0.1, 0.15) is 12.8 Å². The molecule has 27 heavy (non-hydrogen) atoms. The molecular formula is C20H18N4O3. The maximum absolute atomic E-state index is 12.2. The lowest BCUT2D eigenvalue weighted by Crippen LogP contribution is -2.28. The number of benzene rings is 2. The standard InChI is InChI=1S/C20H18N4O3/c25-18(14-6-2-1-3-7-14)10-21-20(26)16-12-27-19(23-16)11-24-13-22-15-8-4-5-9-17(15)24/h1-9,12-13,18,25H,10-11H2,(H,21,26). The van der Waals surface area contributed by atoms with Crippen LogP contribution in [0.15, 0.2) is 71.6 Å². The Labute approximate surface area is 155 Å². The summed E-state index contributed by atoms with van der Waals surface area (Å²) in [7, 11) is 0. The highest BCUT2D eigenvalue weighted by molar-refractivity contribution is 5.91. The predicted molar refractivity (Wildman–Crippen MR) is 99.1 cm³/mol. The molecule has 0 saturated carbocycles. The lowest BCUT2D eigenvalue weighted by molar-refractivity contribution is 0.0911. The molecular weight excluding hydrogens is 344 g/mol. The fourth-order valence-corrected chi connectivity index (χ4v) is 2.84. The summed E-state index contributed by atoms with van der Waals surface area (Å²) in [5.74, 6) is 0.0161. The molecule has 0 aliphatic rings. The summed E-state index contributed by atoms with van der Waals surface area (Å²) in [4.78, 5) is 20.8. The Kier molecular flexibility index (Phi) is 4.67. The minimum absolute atomic E-state index is 0.0944. The number of amides is 1. The van der Waals surface area contributed by atoms with Gasteiger partial charge in [0.25, 0.3) is 5.91 Å². The van der Waals surface area contributed by atoms with Gasteiger partial charge in [0.2, 0.25) is 5.89 Å². The van der Waals surface area contributed by atoms with E-state index in [0.29, 0.717) is 12.4 Å². The third-order valence-electron chi connectivity index (χ3n) is 4.26. The Bertz CT molecular complexity index is 1060. The number of aliphatic hydroxyl groups excluding tert-OH is 1. The van der Waals surface area contributed by atoms with Crippen molar-refractivity contribution in [2.75, 3.05) is 6.54 Å². The second-order valence-electron chi connectivity index (χ2n) is 6.12. The van der Waals surface area contributed by atoms with Crippen LogP contribution in [-0.2, 0) is 6.54 Å². The second kappa shape index (κ2) is 7.43. The Morgan fingerprint density at radius 3 is 2.78 bits per heavy atom. The molecule has 0 fully saturated rings. The van der Waals surface area contributed by atoms with E-state index in [4.69, 9.17) is 4.42 Å². The predicted octanol–water partition coefficient (Wildman–Crippen LogP) is 2.54. The van der Waals surface area contributed by atoms with Gasteiger partial charge >= 0.3 is 0 Å². The number of aromatic nitrogens is 3. The summed E-state index contributed by atoms with van der Waals surface area (Å²) in [6, 6.07) is 16.9. The van der Waals surface area contributed by atoms with Crippen molar-refractivity contribution in [2.24, 2.45) is 0 Å². The summed E-state index contributed by atoms with van der Waals surface area (Å²) >= 11 is 0. The van der Waals surface area contributed by atoms with Gasteiger partial charge in [-0.25, -0.2) is 9.97 Å². The first kappa shape index (κ1) is 17.0. The zero-order valence-corrected chi connectivity index (χ0v) is 14.4. The minimum Gasteiger partial charge on any atom is -0.446 e. The fraction of sp³-hybridized carbons (Fsp3) is 0.150. The minimum atomic E-state index is -0.779. The first-order valence-electron chi connectivity index (χ1n) is 8.56. The fourth-order valence-electron chi connectivity index (χ4n) is 2.84. The molecule has 0 saturated heterocycles. The molecule has 0 aliphatic carbocycles. The van der Waals surface area contributed by atoms with Crippen molar-refractivity contribution in [3.8, 4) is 0 Å². The van der Waals surface area contributed by atoms with Gasteiger partial charge < -0.3 is 19.4 Å². The number of hydrogen-bond acceptors (Lipinski definition) is 5. The molecule has 7 heteroatoms. The number of fused-ring (bicyclic) bond motifs is 1. The number of carbonyl (C=O) groups excluding carboxylic acids is 1. The molecule has 0 aliphatic heterocycles. The highest BCUT2D eigenvalue weighted by Gasteiger charge is 2.15. The van der Waals surface area contributed by atoms with Gasteiger partial charge in [-0.05, 0) is 17.7 Å². The Balaban J connectivity index is 1.39. The largest absolute Gasteiger partial charge is 0.446 e. The number of nitrogens with one attached hydrogen (secondary N) is 1. The van der Waals surface area contributed by atoms with Gasteiger partial charge in [-0.1, -0.05) is 42.5 Å². The van der Waals surface area contributed by atoms with Crippen molar-refractivity contribution >= 4 is 16.9 Å². The number of aliphatic hydroxyl groups is 1. The molecule has 136 valence electrons. The molecule has 7 nitrogen and oxygen atoms in total. The van der Waals surface area contributed by atoms with Gasteiger partial charge in [-0.2, -0.15) is 0 Å². The third-order valence-corrected chi connectivity index (χ3v) is 4.26. The SMILES string of the molecule is O=C(NCC(O)c1ccccc1)c1coc(Cn2cnc3ccccc32)n1. The van der Waals surface area contributed by atoms with E-state index < -0.39 is 12.0 Å². The number of para-hydroxylation sites is 2. The summed E-state index contributed by atoms with van der Waals surface area (Å²) in [5.41, 5.74) is 2.77. The summed E-state index contributed by atoms with van der Waals surface area (Å²) in [6.07, 6.45) is 2.25. The van der Waals surface area contributed by atoms with E-state index in [1.54, 1.807) is 18.5 Å². The lowest BCUT2D eigenvalue weighted by atomic mass is 10.1. The molecule has 1 unspecified atom stereocenters. The van der Waals surface area contributed by atoms with E-state index in [9.17, 15) is 9.90 Å². The van der Waals surface area contributed by atoms with Gasteiger partial charge in [-0.3, -0.25) is 4.79 Å². The molecule has 0 spiro atoms. The van der Waals surface area contributed by atoms with Gasteiger partial charge in [0, 0.05) is 6.54 Å². The van der Waals surface area contributed by atoms with Crippen molar-refractivity contribution < 1.29 is 14.3 Å². The second-order valence-corrected chi connectivity index (χ2v) is 6.12. The zero-order valence-electron chi connectivity index (χ0n) is 14.4. The smallest absolute Gasteiger partial charge is 0.273 e.